The normalized spacial score (nSPS) is 10.9. The molecular formula is C49H46O14. The van der Waals surface area contributed by atoms with Gasteiger partial charge in [0.15, 0.2) is 0 Å². The predicted molar refractivity (Wildman–Crippen MR) is 230 cm³/mol. The van der Waals surface area contributed by atoms with Crippen LogP contribution < -0.4 is 18.9 Å². The number of rotatable bonds is 24. The zero-order chi connectivity index (χ0) is 45.4. The SMILES string of the molecule is C=CC(=O)OCCCCOc1ccc(C(=O)Oc2ccc(C(=O)O/C(C)=C/C=C(\C=C)OC(=O)c3ccc(OC(=O)c4ccc(OCCCCOC(=O)C=C)cc4)cc3)cc2)cc1. The van der Waals surface area contributed by atoms with E-state index < -0.39 is 35.8 Å². The topological polar surface area (TPSA) is 176 Å². The van der Waals surface area contributed by atoms with Crippen molar-refractivity contribution in [3.05, 3.63) is 181 Å². The molecule has 0 spiro atoms. The van der Waals surface area contributed by atoms with Gasteiger partial charge in [0.05, 0.1) is 48.7 Å². The molecule has 4 rings (SSSR count). The minimum Gasteiger partial charge on any atom is -0.494 e. The molecule has 4 aromatic rings. The summed E-state index contributed by atoms with van der Waals surface area (Å²) in [6, 6.07) is 24.4. The molecule has 0 N–H and O–H groups in total. The minimum atomic E-state index is -0.712. The van der Waals surface area contributed by atoms with Gasteiger partial charge < -0.3 is 37.9 Å². The Labute approximate surface area is 364 Å². The lowest BCUT2D eigenvalue weighted by Gasteiger charge is -2.09. The highest BCUT2D eigenvalue weighted by Gasteiger charge is 2.14. The molecule has 0 heterocycles. The summed E-state index contributed by atoms with van der Waals surface area (Å²) in [6.45, 7) is 13.2. The van der Waals surface area contributed by atoms with Crippen LogP contribution in [-0.4, -0.2) is 62.2 Å². The van der Waals surface area contributed by atoms with E-state index in [0.29, 0.717) is 56.0 Å². The number of carbonyl (C=O) groups excluding carboxylic acids is 6. The van der Waals surface area contributed by atoms with E-state index >= 15 is 0 Å². The molecule has 0 aromatic heterocycles. The lowest BCUT2D eigenvalue weighted by Crippen LogP contribution is -2.09. The third-order valence-corrected chi connectivity index (χ3v) is 8.37. The summed E-state index contributed by atoms with van der Waals surface area (Å²) < 4.78 is 42.8. The van der Waals surface area contributed by atoms with Crippen LogP contribution in [0.2, 0.25) is 0 Å². The molecule has 0 amide bonds. The fourth-order valence-corrected chi connectivity index (χ4v) is 5.02. The van der Waals surface area contributed by atoms with Crippen LogP contribution in [0.15, 0.2) is 159 Å². The highest BCUT2D eigenvalue weighted by molar-refractivity contribution is 5.93. The standard InChI is InChI=1S/C49H46O14/c1-5-39(61-47(53)38-19-28-43(29-20-38)63-49(55)37-15-24-41(25-16-37)57-31-9-11-33-59-45(51)7-3)21-12-34(4)60-46(52)35-17-26-42(27-18-35)62-48(54)36-13-22-40(23-14-36)56-30-8-10-32-58-44(50)6-2/h5-7,12-29H,1-3,8-11,30-33H2,4H3/b34-12+,39-21+. The smallest absolute Gasteiger partial charge is 0.343 e. The Morgan fingerprint density at radius 1 is 0.429 bits per heavy atom. The van der Waals surface area contributed by atoms with Crippen LogP contribution in [0.1, 0.15) is 74.0 Å². The molecule has 326 valence electrons. The van der Waals surface area contributed by atoms with Gasteiger partial charge in [0.1, 0.15) is 34.5 Å². The van der Waals surface area contributed by atoms with E-state index in [1.54, 1.807) is 48.5 Å². The van der Waals surface area contributed by atoms with E-state index in [4.69, 9.17) is 37.9 Å². The molecule has 4 aromatic carbocycles. The molecule has 14 nitrogen and oxygen atoms in total. The maximum atomic E-state index is 12.8. The number of allylic oxidation sites excluding steroid dienone is 4. The van der Waals surface area contributed by atoms with Crippen LogP contribution in [-0.2, 0) is 28.5 Å². The summed E-state index contributed by atoms with van der Waals surface area (Å²) in [5.41, 5.74) is 0.937. The Bertz CT molecular complexity index is 2290. The molecule has 0 saturated heterocycles. The molecule has 14 heteroatoms. The van der Waals surface area contributed by atoms with Crippen molar-refractivity contribution in [1.82, 2.24) is 0 Å². The van der Waals surface area contributed by atoms with Crippen molar-refractivity contribution < 1.29 is 66.7 Å². The molecule has 0 unspecified atom stereocenters. The van der Waals surface area contributed by atoms with Gasteiger partial charge >= 0.3 is 35.8 Å². The second-order valence-electron chi connectivity index (χ2n) is 13.1. The first-order valence-corrected chi connectivity index (χ1v) is 19.6. The van der Waals surface area contributed by atoms with Crippen molar-refractivity contribution in [3.8, 4) is 23.0 Å². The molecular weight excluding hydrogens is 813 g/mol. The molecule has 0 aliphatic heterocycles. The molecule has 0 fully saturated rings. The second kappa shape index (κ2) is 25.6. The quantitative estimate of drug-likeness (QED) is 0.0124. The molecule has 0 aliphatic rings. The van der Waals surface area contributed by atoms with E-state index in [1.807, 2.05) is 0 Å². The van der Waals surface area contributed by atoms with Crippen molar-refractivity contribution in [3.63, 3.8) is 0 Å². The Morgan fingerprint density at radius 3 is 1.16 bits per heavy atom. The van der Waals surface area contributed by atoms with Crippen LogP contribution in [0.5, 0.6) is 23.0 Å². The van der Waals surface area contributed by atoms with Crippen LogP contribution in [0.3, 0.4) is 0 Å². The van der Waals surface area contributed by atoms with Crippen LogP contribution in [0.4, 0.5) is 0 Å². The monoisotopic (exact) mass is 858 g/mol. The third kappa shape index (κ3) is 16.9. The van der Waals surface area contributed by atoms with Gasteiger partial charge in [0.2, 0.25) is 0 Å². The third-order valence-electron chi connectivity index (χ3n) is 8.37. The van der Waals surface area contributed by atoms with Crippen LogP contribution in [0, 0.1) is 0 Å². The number of unbranched alkanes of at least 4 members (excludes halogenated alkanes) is 2. The maximum Gasteiger partial charge on any atom is 0.343 e. The van der Waals surface area contributed by atoms with E-state index in [1.165, 1.54) is 73.7 Å². The van der Waals surface area contributed by atoms with Gasteiger partial charge in [-0.25, -0.2) is 28.8 Å². The van der Waals surface area contributed by atoms with E-state index in [2.05, 4.69) is 19.7 Å². The highest BCUT2D eigenvalue weighted by atomic mass is 16.6. The van der Waals surface area contributed by atoms with E-state index in [-0.39, 0.29) is 52.9 Å². The first-order valence-electron chi connectivity index (χ1n) is 19.6. The Hall–Kier alpha value is -8.00. The number of hydrogen-bond donors (Lipinski definition) is 0. The zero-order valence-electron chi connectivity index (χ0n) is 34.6. The summed E-state index contributed by atoms with van der Waals surface area (Å²) in [7, 11) is 0. The fraction of sp³-hybridized carbons (Fsp3) is 0.184. The predicted octanol–water partition coefficient (Wildman–Crippen LogP) is 8.89. The zero-order valence-corrected chi connectivity index (χ0v) is 34.6. The first-order chi connectivity index (χ1) is 30.5. The van der Waals surface area contributed by atoms with Gasteiger partial charge in [-0.05, 0) is 148 Å². The van der Waals surface area contributed by atoms with Gasteiger partial charge in [-0.1, -0.05) is 19.7 Å². The van der Waals surface area contributed by atoms with Gasteiger partial charge in [0, 0.05) is 12.2 Å². The first kappa shape index (κ1) is 47.7. The highest BCUT2D eigenvalue weighted by Crippen LogP contribution is 2.20. The average molecular weight is 859 g/mol. The number of benzene rings is 4. The minimum absolute atomic E-state index is 0.0707. The Morgan fingerprint density at radius 2 is 0.778 bits per heavy atom. The summed E-state index contributed by atoms with van der Waals surface area (Å²) in [6.07, 6.45) is 8.94. The second-order valence-corrected chi connectivity index (χ2v) is 13.1. The van der Waals surface area contributed by atoms with Gasteiger partial charge in [-0.2, -0.15) is 0 Å². The molecule has 0 atom stereocenters. The Kier molecular flexibility index (Phi) is 19.4. The van der Waals surface area contributed by atoms with Crippen LogP contribution in [0.25, 0.3) is 0 Å². The molecule has 0 bridgehead atoms. The van der Waals surface area contributed by atoms with Crippen LogP contribution >= 0.6 is 0 Å². The summed E-state index contributed by atoms with van der Waals surface area (Å²) >= 11 is 0. The molecule has 0 saturated carbocycles. The van der Waals surface area contributed by atoms with Crippen molar-refractivity contribution >= 4 is 35.8 Å². The summed E-state index contributed by atoms with van der Waals surface area (Å²) in [4.78, 5) is 73.1. The van der Waals surface area contributed by atoms with Gasteiger partial charge in [-0.15, -0.1) is 0 Å². The lowest BCUT2D eigenvalue weighted by atomic mass is 10.2. The number of hydrogen-bond acceptors (Lipinski definition) is 14. The lowest BCUT2D eigenvalue weighted by molar-refractivity contribution is -0.138. The van der Waals surface area contributed by atoms with Crippen molar-refractivity contribution in [2.75, 3.05) is 26.4 Å². The number of carbonyl (C=O) groups is 6. The summed E-state index contributed by atoms with van der Waals surface area (Å²) in [5, 5.41) is 0. The number of esters is 6. The largest absolute Gasteiger partial charge is 0.494 e. The van der Waals surface area contributed by atoms with Gasteiger partial charge in [0.25, 0.3) is 0 Å². The maximum absolute atomic E-state index is 12.8. The fourth-order valence-electron chi connectivity index (χ4n) is 5.02. The average Bonchev–Trinajstić information content (AvgIpc) is 3.30. The van der Waals surface area contributed by atoms with E-state index in [0.717, 1.165) is 12.2 Å². The summed E-state index contributed by atoms with van der Waals surface area (Å²) in [5.74, 6) is -1.76. The van der Waals surface area contributed by atoms with E-state index in [9.17, 15) is 28.8 Å². The van der Waals surface area contributed by atoms with Crippen molar-refractivity contribution in [1.29, 1.82) is 0 Å². The van der Waals surface area contributed by atoms with Gasteiger partial charge in [-0.3, -0.25) is 0 Å². The molecule has 0 radical (unpaired) electrons. The molecule has 0 aliphatic carbocycles. The van der Waals surface area contributed by atoms with Crippen molar-refractivity contribution in [2.24, 2.45) is 0 Å². The number of ether oxygens (including phenoxy) is 8. The molecule has 63 heavy (non-hydrogen) atoms. The Balaban J connectivity index is 1.18. The van der Waals surface area contributed by atoms with Crippen molar-refractivity contribution in [2.45, 2.75) is 32.6 Å².